The highest BCUT2D eigenvalue weighted by Crippen LogP contribution is 2.35. The molecule has 36 heavy (non-hydrogen) atoms. The largest absolute Gasteiger partial charge is 0.497 e. The van der Waals surface area contributed by atoms with Crippen LogP contribution in [0.5, 0.6) is 11.5 Å². The van der Waals surface area contributed by atoms with Crippen LogP contribution in [-0.2, 0) is 11.2 Å². The van der Waals surface area contributed by atoms with Crippen LogP contribution in [0.25, 0.3) is 0 Å². The number of amides is 2. The maximum atomic E-state index is 13.7. The zero-order valence-corrected chi connectivity index (χ0v) is 21.0. The molecule has 2 aromatic carbocycles. The third-order valence-electron chi connectivity index (χ3n) is 6.74. The smallest absolute Gasteiger partial charge is 0.254 e. The molecule has 0 N–H and O–H groups in total. The monoisotopic (exact) mass is 508 g/mol. The lowest BCUT2D eigenvalue weighted by atomic mass is 10.0. The van der Waals surface area contributed by atoms with E-state index in [-0.39, 0.29) is 36.8 Å². The highest BCUT2D eigenvalue weighted by molar-refractivity contribution is 7.10. The third-order valence-corrected chi connectivity index (χ3v) is 7.74. The number of fused-ring (bicyclic) bond motifs is 1. The SMILES string of the molecule is COc1ccc(C(=O)N(CC(=O)N2CCc3sccc3[C@@H]2COc2cccc(F)c2)CC2CC2)cc1. The van der Waals surface area contributed by atoms with Crippen LogP contribution in [0.4, 0.5) is 4.39 Å². The Labute approximate surface area is 214 Å². The molecular weight excluding hydrogens is 479 g/mol. The molecule has 2 heterocycles. The zero-order chi connectivity index (χ0) is 25.1. The van der Waals surface area contributed by atoms with Gasteiger partial charge in [-0.25, -0.2) is 4.39 Å². The molecule has 0 bridgehead atoms. The second-order valence-electron chi connectivity index (χ2n) is 9.28. The van der Waals surface area contributed by atoms with Crippen LogP contribution in [0, 0.1) is 11.7 Å². The summed E-state index contributed by atoms with van der Waals surface area (Å²) in [4.78, 5) is 31.7. The first-order chi connectivity index (χ1) is 17.5. The van der Waals surface area contributed by atoms with Crippen molar-refractivity contribution in [2.75, 3.05) is 33.4 Å². The van der Waals surface area contributed by atoms with Crippen molar-refractivity contribution in [3.8, 4) is 11.5 Å². The summed E-state index contributed by atoms with van der Waals surface area (Å²) in [7, 11) is 1.58. The van der Waals surface area contributed by atoms with E-state index in [1.807, 2.05) is 16.3 Å². The Morgan fingerprint density at radius 2 is 1.92 bits per heavy atom. The summed E-state index contributed by atoms with van der Waals surface area (Å²) in [5, 5.41) is 2.03. The Bertz CT molecular complexity index is 1220. The van der Waals surface area contributed by atoms with E-state index >= 15 is 0 Å². The van der Waals surface area contributed by atoms with Crippen LogP contribution >= 0.6 is 11.3 Å². The summed E-state index contributed by atoms with van der Waals surface area (Å²) in [6.45, 7) is 1.35. The maximum absolute atomic E-state index is 13.7. The number of methoxy groups -OCH3 is 1. The number of halogens is 1. The van der Waals surface area contributed by atoms with Crippen molar-refractivity contribution in [3.63, 3.8) is 0 Å². The van der Waals surface area contributed by atoms with Crippen molar-refractivity contribution in [2.45, 2.75) is 25.3 Å². The predicted octanol–water partition coefficient (Wildman–Crippen LogP) is 4.95. The number of hydrogen-bond donors (Lipinski definition) is 0. The molecule has 1 fully saturated rings. The molecule has 0 saturated heterocycles. The van der Waals surface area contributed by atoms with Crippen LogP contribution in [0.3, 0.4) is 0 Å². The molecule has 0 spiro atoms. The Hall–Kier alpha value is -3.39. The van der Waals surface area contributed by atoms with Crippen molar-refractivity contribution < 1.29 is 23.5 Å². The third kappa shape index (κ3) is 5.54. The number of ether oxygens (including phenoxy) is 2. The van der Waals surface area contributed by atoms with Gasteiger partial charge in [-0.15, -0.1) is 11.3 Å². The van der Waals surface area contributed by atoms with Gasteiger partial charge in [-0.3, -0.25) is 9.59 Å². The van der Waals surface area contributed by atoms with E-state index in [9.17, 15) is 14.0 Å². The fraction of sp³-hybridized carbons (Fsp3) is 0.357. The number of nitrogens with zero attached hydrogens (tertiary/aromatic N) is 2. The fourth-order valence-electron chi connectivity index (χ4n) is 4.61. The Morgan fingerprint density at radius 3 is 2.64 bits per heavy atom. The highest BCUT2D eigenvalue weighted by Gasteiger charge is 2.35. The van der Waals surface area contributed by atoms with E-state index < -0.39 is 0 Å². The van der Waals surface area contributed by atoms with Gasteiger partial charge in [0, 0.05) is 29.6 Å². The summed E-state index contributed by atoms with van der Waals surface area (Å²) in [6, 6.07) is 14.7. The van der Waals surface area contributed by atoms with Gasteiger partial charge in [0.25, 0.3) is 5.91 Å². The molecule has 3 aromatic rings. The molecule has 0 radical (unpaired) electrons. The second kappa shape index (κ2) is 10.7. The molecule has 2 aliphatic rings. The van der Waals surface area contributed by atoms with Gasteiger partial charge in [0.1, 0.15) is 30.5 Å². The lowest BCUT2D eigenvalue weighted by Gasteiger charge is -2.37. The van der Waals surface area contributed by atoms with Crippen LogP contribution in [0.15, 0.2) is 60.0 Å². The van der Waals surface area contributed by atoms with Gasteiger partial charge >= 0.3 is 0 Å². The van der Waals surface area contributed by atoms with Gasteiger partial charge in [0.2, 0.25) is 5.91 Å². The number of carbonyl (C=O) groups is 2. The molecule has 6 nitrogen and oxygen atoms in total. The van der Waals surface area contributed by atoms with Crippen LogP contribution in [0.2, 0.25) is 0 Å². The van der Waals surface area contributed by atoms with Crippen LogP contribution in [-0.4, -0.2) is 55.0 Å². The molecule has 8 heteroatoms. The minimum atomic E-state index is -0.368. The molecule has 2 amide bonds. The van der Waals surface area contributed by atoms with E-state index in [0.717, 1.165) is 24.8 Å². The summed E-state index contributed by atoms with van der Waals surface area (Å²) in [5.74, 6) is 0.915. The average Bonchev–Trinajstić information content (AvgIpc) is 3.58. The lowest BCUT2D eigenvalue weighted by molar-refractivity contribution is -0.135. The molecule has 1 atom stereocenters. The van der Waals surface area contributed by atoms with Gasteiger partial charge in [-0.05, 0) is 78.6 Å². The molecular formula is C28H29FN2O4S. The molecule has 1 aromatic heterocycles. The molecule has 0 unspecified atom stereocenters. The topological polar surface area (TPSA) is 59.1 Å². The number of carbonyl (C=O) groups excluding carboxylic acids is 2. The second-order valence-corrected chi connectivity index (χ2v) is 10.3. The highest BCUT2D eigenvalue weighted by atomic mass is 32.1. The quantitative estimate of drug-likeness (QED) is 0.410. The first kappa shape index (κ1) is 24.3. The Kier molecular flexibility index (Phi) is 7.23. The number of rotatable bonds is 9. The summed E-state index contributed by atoms with van der Waals surface area (Å²) in [5.41, 5.74) is 1.60. The van der Waals surface area contributed by atoms with E-state index in [1.54, 1.807) is 59.7 Å². The number of thiophene rings is 1. The van der Waals surface area contributed by atoms with E-state index in [4.69, 9.17) is 9.47 Å². The molecule has 1 aliphatic carbocycles. The number of hydrogen-bond acceptors (Lipinski definition) is 5. The van der Waals surface area contributed by atoms with Crippen molar-refractivity contribution in [2.24, 2.45) is 5.92 Å². The summed E-state index contributed by atoms with van der Waals surface area (Å²) < 4.78 is 24.8. The van der Waals surface area contributed by atoms with Crippen molar-refractivity contribution in [1.82, 2.24) is 9.80 Å². The lowest BCUT2D eigenvalue weighted by Crippen LogP contribution is -2.48. The molecule has 5 rings (SSSR count). The van der Waals surface area contributed by atoms with Gasteiger partial charge in [0.05, 0.1) is 13.2 Å². The average molecular weight is 509 g/mol. The van der Waals surface area contributed by atoms with Gasteiger partial charge in [0.15, 0.2) is 0 Å². The summed E-state index contributed by atoms with van der Waals surface area (Å²) >= 11 is 1.67. The summed E-state index contributed by atoms with van der Waals surface area (Å²) in [6.07, 6.45) is 2.92. The first-order valence-corrected chi connectivity index (χ1v) is 13.1. The standard InChI is InChI=1S/C28H29FN2O4S/c1-34-22-9-7-20(8-10-22)28(33)30(16-19-5-6-19)17-27(32)31-13-11-26-24(12-14-36-26)25(31)18-35-23-4-2-3-21(29)15-23/h2-4,7-10,12,14-15,19,25H,5-6,11,13,16-18H2,1H3/t25-/m0/s1. The number of benzene rings is 2. The first-order valence-electron chi connectivity index (χ1n) is 12.2. The normalized spacial score (nSPS) is 16.8. The minimum absolute atomic E-state index is 0.0112. The van der Waals surface area contributed by atoms with Gasteiger partial charge in [-0.2, -0.15) is 0 Å². The maximum Gasteiger partial charge on any atom is 0.254 e. The molecule has 1 aliphatic heterocycles. The van der Waals surface area contributed by atoms with E-state index in [1.165, 1.54) is 17.0 Å². The molecule has 1 saturated carbocycles. The molecule has 188 valence electrons. The fourth-order valence-corrected chi connectivity index (χ4v) is 5.54. The predicted molar refractivity (Wildman–Crippen MR) is 136 cm³/mol. The van der Waals surface area contributed by atoms with Gasteiger partial charge < -0.3 is 19.3 Å². The Morgan fingerprint density at radius 1 is 1.11 bits per heavy atom. The minimum Gasteiger partial charge on any atom is -0.497 e. The van der Waals surface area contributed by atoms with Crippen LogP contribution < -0.4 is 9.47 Å². The van der Waals surface area contributed by atoms with Crippen molar-refractivity contribution in [3.05, 3.63) is 81.8 Å². The van der Waals surface area contributed by atoms with Gasteiger partial charge in [-0.1, -0.05) is 6.07 Å². The Balaban J connectivity index is 1.33. The van der Waals surface area contributed by atoms with E-state index in [0.29, 0.717) is 36.1 Å². The van der Waals surface area contributed by atoms with Crippen molar-refractivity contribution >= 4 is 23.2 Å². The van der Waals surface area contributed by atoms with Crippen LogP contribution in [0.1, 0.15) is 39.7 Å². The van der Waals surface area contributed by atoms with E-state index in [2.05, 4.69) is 0 Å². The zero-order valence-electron chi connectivity index (χ0n) is 20.2. The van der Waals surface area contributed by atoms with Crippen molar-refractivity contribution in [1.29, 1.82) is 0 Å².